The van der Waals surface area contributed by atoms with E-state index in [9.17, 15) is 0 Å². The Morgan fingerprint density at radius 2 is 1.90 bits per heavy atom. The summed E-state index contributed by atoms with van der Waals surface area (Å²) in [7, 11) is 0. The molecule has 2 aliphatic carbocycles. The zero-order chi connectivity index (χ0) is 6.81. The molecule has 0 amide bonds. The number of hydrogen-bond acceptors (Lipinski definition) is 0. The van der Waals surface area contributed by atoms with Gasteiger partial charge in [-0.25, -0.2) is 0 Å². The minimum Gasteiger partial charge on any atom is -0.0882 e. The van der Waals surface area contributed by atoms with Crippen molar-refractivity contribution in [2.24, 2.45) is 11.8 Å². The van der Waals surface area contributed by atoms with Gasteiger partial charge in [-0.3, -0.25) is 0 Å². The molecule has 0 bridgehead atoms. The first-order valence-corrected chi connectivity index (χ1v) is 4.63. The van der Waals surface area contributed by atoms with E-state index in [1.807, 2.05) is 0 Å². The van der Waals surface area contributed by atoms with Crippen LogP contribution in [0.4, 0.5) is 0 Å². The molecule has 1 unspecified atom stereocenters. The third-order valence-electron chi connectivity index (χ3n) is 3.06. The van der Waals surface area contributed by atoms with Gasteiger partial charge in [0, 0.05) is 0 Å². The fourth-order valence-corrected chi connectivity index (χ4v) is 2.43. The maximum absolute atomic E-state index is 2.47. The van der Waals surface area contributed by atoms with E-state index < -0.39 is 0 Å². The second-order valence-electron chi connectivity index (χ2n) is 3.71. The van der Waals surface area contributed by atoms with Crippen molar-refractivity contribution in [3.05, 3.63) is 12.2 Å². The highest BCUT2D eigenvalue weighted by Gasteiger charge is 2.23. The molecule has 0 aromatic rings. The summed E-state index contributed by atoms with van der Waals surface area (Å²) in [5, 5.41) is 0. The molecule has 0 aromatic carbocycles. The molecule has 2 rings (SSSR count). The molecule has 0 nitrogen and oxygen atoms in total. The van der Waals surface area contributed by atoms with E-state index in [0.29, 0.717) is 0 Å². The molecule has 2 atom stereocenters. The lowest BCUT2D eigenvalue weighted by atomic mass is 9.74. The smallest absolute Gasteiger partial charge is 0.0205 e. The summed E-state index contributed by atoms with van der Waals surface area (Å²) in [6.45, 7) is 0. The summed E-state index contributed by atoms with van der Waals surface area (Å²) < 4.78 is 0. The van der Waals surface area contributed by atoms with Gasteiger partial charge in [-0.2, -0.15) is 0 Å². The van der Waals surface area contributed by atoms with Gasteiger partial charge in [-0.05, 0) is 37.5 Å². The SMILES string of the molecule is C1=C[C@H]2CCCCC2CC1. The fraction of sp³-hybridized carbons (Fsp3) is 0.800. The van der Waals surface area contributed by atoms with Crippen molar-refractivity contribution in [1.29, 1.82) is 0 Å². The molecule has 1 saturated carbocycles. The molecule has 0 heterocycles. The van der Waals surface area contributed by atoms with Gasteiger partial charge in [-0.15, -0.1) is 0 Å². The van der Waals surface area contributed by atoms with Crippen molar-refractivity contribution in [2.45, 2.75) is 38.5 Å². The zero-order valence-electron chi connectivity index (χ0n) is 6.55. The lowest BCUT2D eigenvalue weighted by Gasteiger charge is -2.31. The van der Waals surface area contributed by atoms with E-state index in [0.717, 1.165) is 11.8 Å². The third-order valence-corrected chi connectivity index (χ3v) is 3.06. The van der Waals surface area contributed by atoms with Crippen molar-refractivity contribution < 1.29 is 0 Å². The molecule has 56 valence electrons. The van der Waals surface area contributed by atoms with Crippen LogP contribution in [0.1, 0.15) is 38.5 Å². The van der Waals surface area contributed by atoms with Crippen LogP contribution in [0.2, 0.25) is 0 Å². The second-order valence-corrected chi connectivity index (χ2v) is 3.71. The molecule has 0 radical (unpaired) electrons. The fourth-order valence-electron chi connectivity index (χ4n) is 2.43. The second kappa shape index (κ2) is 2.77. The van der Waals surface area contributed by atoms with Crippen molar-refractivity contribution in [2.75, 3.05) is 0 Å². The minimum atomic E-state index is 0.975. The largest absolute Gasteiger partial charge is 0.0882 e. The number of rotatable bonds is 0. The van der Waals surface area contributed by atoms with Crippen molar-refractivity contribution in [3.63, 3.8) is 0 Å². The Hall–Kier alpha value is -0.260. The topological polar surface area (TPSA) is 0 Å². The lowest BCUT2D eigenvalue weighted by molar-refractivity contribution is 0.259. The molecule has 0 saturated heterocycles. The Kier molecular flexibility index (Phi) is 1.79. The van der Waals surface area contributed by atoms with Gasteiger partial charge in [0.15, 0.2) is 0 Å². The van der Waals surface area contributed by atoms with E-state index in [2.05, 4.69) is 12.2 Å². The summed E-state index contributed by atoms with van der Waals surface area (Å²) in [5.74, 6) is 2.04. The molecule has 1 fully saturated rings. The van der Waals surface area contributed by atoms with E-state index in [1.165, 1.54) is 38.5 Å². The lowest BCUT2D eigenvalue weighted by Crippen LogP contribution is -2.19. The molecule has 0 N–H and O–H groups in total. The van der Waals surface area contributed by atoms with Crippen molar-refractivity contribution in [3.8, 4) is 0 Å². The summed E-state index contributed by atoms with van der Waals surface area (Å²) in [6.07, 6.45) is 13.6. The van der Waals surface area contributed by atoms with Gasteiger partial charge in [0.2, 0.25) is 0 Å². The van der Waals surface area contributed by atoms with Gasteiger partial charge in [0.25, 0.3) is 0 Å². The van der Waals surface area contributed by atoms with E-state index in [-0.39, 0.29) is 0 Å². The summed E-state index contributed by atoms with van der Waals surface area (Å²) in [6, 6.07) is 0. The predicted octanol–water partition coefficient (Wildman–Crippen LogP) is 3.14. The maximum Gasteiger partial charge on any atom is -0.0205 e. The Labute approximate surface area is 63.3 Å². The van der Waals surface area contributed by atoms with E-state index in [1.54, 1.807) is 0 Å². The Morgan fingerprint density at radius 3 is 2.80 bits per heavy atom. The third kappa shape index (κ3) is 1.12. The monoisotopic (exact) mass is 136 g/mol. The first-order valence-electron chi connectivity index (χ1n) is 4.63. The van der Waals surface area contributed by atoms with Crippen LogP contribution in [0.5, 0.6) is 0 Å². The highest BCUT2D eigenvalue weighted by molar-refractivity contribution is 4.98. The number of fused-ring (bicyclic) bond motifs is 1. The molecule has 2 aliphatic rings. The highest BCUT2D eigenvalue weighted by atomic mass is 14.3. The van der Waals surface area contributed by atoms with Crippen LogP contribution < -0.4 is 0 Å². The maximum atomic E-state index is 2.47. The molecule has 0 spiro atoms. The van der Waals surface area contributed by atoms with Crippen LogP contribution in [0.15, 0.2) is 12.2 Å². The average molecular weight is 136 g/mol. The zero-order valence-corrected chi connectivity index (χ0v) is 6.55. The summed E-state index contributed by atoms with van der Waals surface area (Å²) in [4.78, 5) is 0. The van der Waals surface area contributed by atoms with Crippen molar-refractivity contribution >= 4 is 0 Å². The Morgan fingerprint density at radius 1 is 1.00 bits per heavy atom. The highest BCUT2D eigenvalue weighted by Crippen LogP contribution is 2.36. The van der Waals surface area contributed by atoms with Crippen LogP contribution in [0.25, 0.3) is 0 Å². The van der Waals surface area contributed by atoms with Crippen LogP contribution >= 0.6 is 0 Å². The van der Waals surface area contributed by atoms with Gasteiger partial charge in [0.1, 0.15) is 0 Å². The van der Waals surface area contributed by atoms with Crippen molar-refractivity contribution in [1.82, 2.24) is 0 Å². The Balaban J connectivity index is 2.03. The van der Waals surface area contributed by atoms with Crippen LogP contribution in [0.3, 0.4) is 0 Å². The van der Waals surface area contributed by atoms with Crippen LogP contribution in [-0.4, -0.2) is 0 Å². The van der Waals surface area contributed by atoms with Gasteiger partial charge >= 0.3 is 0 Å². The molecule has 0 heteroatoms. The van der Waals surface area contributed by atoms with E-state index >= 15 is 0 Å². The average Bonchev–Trinajstić information content (AvgIpc) is 2.05. The van der Waals surface area contributed by atoms with Gasteiger partial charge < -0.3 is 0 Å². The normalized spacial score (nSPS) is 39.2. The quantitative estimate of drug-likeness (QED) is 0.449. The minimum absolute atomic E-state index is 0.975. The standard InChI is InChI=1S/C10H16/c1-2-6-10-8-4-3-7-9(10)5-1/h1,5,9-10H,2-4,6-8H2/t9-,10?/m0/s1. The van der Waals surface area contributed by atoms with Crippen LogP contribution in [-0.2, 0) is 0 Å². The molecule has 10 heavy (non-hydrogen) atoms. The molecule has 0 aliphatic heterocycles. The first kappa shape index (κ1) is 6.45. The van der Waals surface area contributed by atoms with Crippen LogP contribution in [0, 0.1) is 11.8 Å². The Bertz CT molecular complexity index is 135. The summed E-state index contributed by atoms with van der Waals surface area (Å²) >= 11 is 0. The molecule has 0 aromatic heterocycles. The predicted molar refractivity (Wildman–Crippen MR) is 43.8 cm³/mol. The summed E-state index contributed by atoms with van der Waals surface area (Å²) in [5.41, 5.74) is 0. The van der Waals surface area contributed by atoms with Gasteiger partial charge in [0.05, 0.1) is 0 Å². The molecular weight excluding hydrogens is 120 g/mol. The number of hydrogen-bond donors (Lipinski definition) is 0. The first-order chi connectivity index (χ1) is 4.97. The van der Waals surface area contributed by atoms with E-state index in [4.69, 9.17) is 0 Å². The molecular formula is C10H16. The van der Waals surface area contributed by atoms with Gasteiger partial charge in [-0.1, -0.05) is 25.0 Å². The number of allylic oxidation sites excluding steroid dienone is 2.